The maximum absolute atomic E-state index is 4.57. The number of rotatable bonds is 8. The van der Waals surface area contributed by atoms with Crippen LogP contribution in [0, 0.1) is 0 Å². The van der Waals surface area contributed by atoms with E-state index >= 15 is 0 Å². The second-order valence-electron chi connectivity index (χ2n) is 7.15. The molecule has 1 saturated heterocycles. The highest BCUT2D eigenvalue weighted by molar-refractivity contribution is 5.60. The summed E-state index contributed by atoms with van der Waals surface area (Å²) in [5.41, 5.74) is 3.66. The predicted octanol–water partition coefficient (Wildman–Crippen LogP) is 4.87. The number of benzene rings is 2. The van der Waals surface area contributed by atoms with Crippen molar-refractivity contribution in [1.82, 2.24) is 9.97 Å². The third kappa shape index (κ3) is 5.00. The van der Waals surface area contributed by atoms with Crippen LogP contribution in [0.1, 0.15) is 24.8 Å². The van der Waals surface area contributed by atoms with E-state index in [4.69, 9.17) is 0 Å². The molecule has 0 radical (unpaired) electrons. The van der Waals surface area contributed by atoms with Gasteiger partial charge in [-0.2, -0.15) is 4.98 Å². The normalized spacial score (nSPS) is 13.5. The monoisotopic (exact) mass is 373 g/mol. The van der Waals surface area contributed by atoms with Crippen molar-refractivity contribution in [2.45, 2.75) is 25.7 Å². The van der Waals surface area contributed by atoms with Gasteiger partial charge >= 0.3 is 0 Å². The molecule has 0 saturated carbocycles. The average molecular weight is 374 g/mol. The van der Waals surface area contributed by atoms with Crippen LogP contribution >= 0.6 is 0 Å². The first-order valence-corrected chi connectivity index (χ1v) is 10.1. The topological polar surface area (TPSA) is 53.1 Å². The first-order valence-electron chi connectivity index (χ1n) is 10.1. The molecule has 0 unspecified atom stereocenters. The highest BCUT2D eigenvalue weighted by atomic mass is 15.2. The zero-order valence-electron chi connectivity index (χ0n) is 16.1. The lowest BCUT2D eigenvalue weighted by Crippen LogP contribution is -2.17. The van der Waals surface area contributed by atoms with E-state index in [0.29, 0.717) is 5.95 Å². The SMILES string of the molecule is c1ccc(CCCNc2ccnc(Nc3ccc(N4CCCC4)cc3)n2)cc1. The van der Waals surface area contributed by atoms with Crippen molar-refractivity contribution in [3.05, 3.63) is 72.4 Å². The Morgan fingerprint density at radius 3 is 2.46 bits per heavy atom. The lowest BCUT2D eigenvalue weighted by molar-refractivity contribution is 0.858. The summed E-state index contributed by atoms with van der Waals surface area (Å²) in [6.07, 6.45) is 6.49. The fourth-order valence-electron chi connectivity index (χ4n) is 3.53. The number of anilines is 4. The predicted molar refractivity (Wildman–Crippen MR) is 116 cm³/mol. The highest BCUT2D eigenvalue weighted by Gasteiger charge is 2.11. The lowest BCUT2D eigenvalue weighted by atomic mass is 10.1. The Morgan fingerprint density at radius 2 is 1.68 bits per heavy atom. The number of hydrogen-bond acceptors (Lipinski definition) is 5. The third-order valence-electron chi connectivity index (χ3n) is 5.04. The van der Waals surface area contributed by atoms with E-state index in [1.807, 2.05) is 6.07 Å². The largest absolute Gasteiger partial charge is 0.372 e. The molecule has 2 heterocycles. The van der Waals surface area contributed by atoms with Crippen molar-refractivity contribution in [3.63, 3.8) is 0 Å². The van der Waals surface area contributed by atoms with Gasteiger partial charge < -0.3 is 15.5 Å². The molecule has 0 amide bonds. The maximum atomic E-state index is 4.57. The van der Waals surface area contributed by atoms with Gasteiger partial charge in [0, 0.05) is 37.2 Å². The minimum atomic E-state index is 0.613. The Morgan fingerprint density at radius 1 is 0.893 bits per heavy atom. The van der Waals surface area contributed by atoms with Crippen LogP contribution < -0.4 is 15.5 Å². The molecular formula is C23H27N5. The van der Waals surface area contributed by atoms with E-state index in [1.165, 1.54) is 24.1 Å². The molecular weight excluding hydrogens is 346 g/mol. The molecule has 2 aromatic carbocycles. The molecule has 4 rings (SSSR count). The van der Waals surface area contributed by atoms with Gasteiger partial charge in [0.1, 0.15) is 5.82 Å². The summed E-state index contributed by atoms with van der Waals surface area (Å²) in [5, 5.41) is 6.69. The van der Waals surface area contributed by atoms with Crippen molar-refractivity contribution in [2.75, 3.05) is 35.2 Å². The zero-order chi connectivity index (χ0) is 19.0. The van der Waals surface area contributed by atoms with Gasteiger partial charge in [0.05, 0.1) is 0 Å². The van der Waals surface area contributed by atoms with Gasteiger partial charge in [-0.05, 0) is 61.6 Å². The first kappa shape index (κ1) is 18.3. The molecule has 1 aromatic heterocycles. The van der Waals surface area contributed by atoms with Crippen molar-refractivity contribution in [2.24, 2.45) is 0 Å². The molecule has 5 heteroatoms. The Labute approximate surface area is 166 Å². The second kappa shape index (κ2) is 9.22. The fourth-order valence-corrected chi connectivity index (χ4v) is 3.53. The fraction of sp³-hybridized carbons (Fsp3) is 0.304. The van der Waals surface area contributed by atoms with Gasteiger partial charge in [0.15, 0.2) is 0 Å². The molecule has 5 nitrogen and oxygen atoms in total. The van der Waals surface area contributed by atoms with E-state index < -0.39 is 0 Å². The van der Waals surface area contributed by atoms with Crippen LogP contribution in [0.2, 0.25) is 0 Å². The summed E-state index contributed by atoms with van der Waals surface area (Å²) in [5.74, 6) is 1.46. The number of nitrogens with zero attached hydrogens (tertiary/aromatic N) is 3. The first-order chi connectivity index (χ1) is 13.9. The third-order valence-corrected chi connectivity index (χ3v) is 5.04. The van der Waals surface area contributed by atoms with Crippen LogP contribution in [0.4, 0.5) is 23.1 Å². The van der Waals surface area contributed by atoms with Crippen LogP contribution in [0.15, 0.2) is 66.9 Å². The molecule has 1 fully saturated rings. The Balaban J connectivity index is 1.28. The Hall–Kier alpha value is -3.08. The van der Waals surface area contributed by atoms with Crippen LogP contribution in [0.25, 0.3) is 0 Å². The van der Waals surface area contributed by atoms with Gasteiger partial charge in [0.25, 0.3) is 0 Å². The maximum Gasteiger partial charge on any atom is 0.229 e. The molecule has 2 N–H and O–H groups in total. The van der Waals surface area contributed by atoms with E-state index in [0.717, 1.165) is 44.0 Å². The van der Waals surface area contributed by atoms with Gasteiger partial charge in [-0.3, -0.25) is 0 Å². The van der Waals surface area contributed by atoms with Gasteiger partial charge in [-0.25, -0.2) is 4.98 Å². The number of nitrogens with one attached hydrogen (secondary N) is 2. The molecule has 1 aliphatic rings. The Kier molecular flexibility index (Phi) is 6.02. The van der Waals surface area contributed by atoms with E-state index in [1.54, 1.807) is 6.20 Å². The molecule has 1 aliphatic heterocycles. The summed E-state index contributed by atoms with van der Waals surface area (Å²) < 4.78 is 0. The van der Waals surface area contributed by atoms with Crippen molar-refractivity contribution >= 4 is 23.1 Å². The van der Waals surface area contributed by atoms with Crippen LogP contribution in [0.3, 0.4) is 0 Å². The van der Waals surface area contributed by atoms with E-state index in [2.05, 4.69) is 80.1 Å². The summed E-state index contributed by atoms with van der Waals surface area (Å²) in [4.78, 5) is 11.3. The average Bonchev–Trinajstić information content (AvgIpc) is 3.28. The zero-order valence-corrected chi connectivity index (χ0v) is 16.1. The van der Waals surface area contributed by atoms with E-state index in [-0.39, 0.29) is 0 Å². The summed E-state index contributed by atoms with van der Waals surface area (Å²) >= 11 is 0. The van der Waals surface area contributed by atoms with Gasteiger partial charge in [0.2, 0.25) is 5.95 Å². The van der Waals surface area contributed by atoms with Crippen LogP contribution in [-0.2, 0) is 6.42 Å². The van der Waals surface area contributed by atoms with Gasteiger partial charge in [-0.15, -0.1) is 0 Å². The van der Waals surface area contributed by atoms with Crippen molar-refractivity contribution in [1.29, 1.82) is 0 Å². The van der Waals surface area contributed by atoms with Crippen molar-refractivity contribution in [3.8, 4) is 0 Å². The quantitative estimate of drug-likeness (QED) is 0.552. The van der Waals surface area contributed by atoms with Gasteiger partial charge in [-0.1, -0.05) is 30.3 Å². The highest BCUT2D eigenvalue weighted by Crippen LogP contribution is 2.23. The van der Waals surface area contributed by atoms with Crippen molar-refractivity contribution < 1.29 is 0 Å². The lowest BCUT2D eigenvalue weighted by Gasteiger charge is -2.17. The molecule has 0 bridgehead atoms. The number of hydrogen-bond donors (Lipinski definition) is 2. The number of aromatic nitrogens is 2. The second-order valence-corrected chi connectivity index (χ2v) is 7.15. The smallest absolute Gasteiger partial charge is 0.229 e. The molecule has 0 spiro atoms. The minimum Gasteiger partial charge on any atom is -0.372 e. The number of aryl methyl sites for hydroxylation is 1. The summed E-state index contributed by atoms with van der Waals surface area (Å²) in [6, 6.07) is 21.0. The standard InChI is InChI=1S/C23H27N5/c1-2-7-19(8-3-1)9-6-15-24-22-14-16-25-23(27-22)26-20-10-12-21(13-11-20)28-17-4-5-18-28/h1-3,7-8,10-14,16H,4-6,9,15,17-18H2,(H2,24,25,26,27). The Bertz CT molecular complexity index is 858. The van der Waals surface area contributed by atoms with Crippen LogP contribution in [0.5, 0.6) is 0 Å². The summed E-state index contributed by atoms with van der Waals surface area (Å²) in [6.45, 7) is 3.21. The summed E-state index contributed by atoms with van der Waals surface area (Å²) in [7, 11) is 0. The minimum absolute atomic E-state index is 0.613. The molecule has 144 valence electrons. The van der Waals surface area contributed by atoms with E-state index in [9.17, 15) is 0 Å². The van der Waals surface area contributed by atoms with Crippen LogP contribution in [-0.4, -0.2) is 29.6 Å². The molecule has 0 aliphatic carbocycles. The molecule has 0 atom stereocenters. The molecule has 3 aromatic rings. The molecule has 28 heavy (non-hydrogen) atoms.